The Kier molecular flexibility index (Phi) is 7.75. The molecule has 1 aliphatic heterocycles. The Bertz CT molecular complexity index is 1780. The lowest BCUT2D eigenvalue weighted by Crippen LogP contribution is -2.36. The topological polar surface area (TPSA) is 116 Å². The number of hydrogen-bond acceptors (Lipinski definition) is 7. The number of hydrogen-bond donors (Lipinski definition) is 2. The summed E-state index contributed by atoms with van der Waals surface area (Å²) in [5.41, 5.74) is 1.84. The summed E-state index contributed by atoms with van der Waals surface area (Å²) in [7, 11) is -8.20. The number of halogens is 1. The van der Waals surface area contributed by atoms with E-state index in [1.807, 2.05) is 53.4 Å². The Morgan fingerprint density at radius 2 is 1.68 bits per heavy atom. The van der Waals surface area contributed by atoms with Crippen LogP contribution >= 0.6 is 34.7 Å². The minimum atomic E-state index is -4.10. The molecular weight excluding hydrogens is 588 g/mol. The molecule has 0 aliphatic carbocycles. The van der Waals surface area contributed by atoms with E-state index in [1.54, 1.807) is 17.4 Å². The molecule has 2 N–H and O–H groups in total. The molecule has 1 aromatic heterocycles. The van der Waals surface area contributed by atoms with Gasteiger partial charge in [-0.15, -0.1) is 0 Å². The maximum absolute atomic E-state index is 11.4. The summed E-state index contributed by atoms with van der Waals surface area (Å²) in [5.74, 6) is -0.708. The van der Waals surface area contributed by atoms with Crippen molar-refractivity contribution in [3.05, 3.63) is 69.7 Å². The normalized spacial score (nSPS) is 15.1. The van der Waals surface area contributed by atoms with Crippen LogP contribution in [0.5, 0.6) is 0 Å². The first kappa shape index (κ1) is 27.4. The zero-order chi connectivity index (χ0) is 27.1. The van der Waals surface area contributed by atoms with Gasteiger partial charge in [-0.2, -0.15) is 21.4 Å². The summed E-state index contributed by atoms with van der Waals surface area (Å²) in [5, 5.41) is 4.39. The molecule has 0 saturated carbocycles. The predicted octanol–water partition coefficient (Wildman–Crippen LogP) is 5.46. The van der Waals surface area contributed by atoms with Crippen LogP contribution < -0.4 is 9.47 Å². The molecule has 1 aliphatic rings. The Morgan fingerprint density at radius 1 is 0.947 bits per heavy atom. The first-order valence-corrected chi connectivity index (χ1v) is 16.9. The van der Waals surface area contributed by atoms with Gasteiger partial charge in [0.1, 0.15) is 4.70 Å². The van der Waals surface area contributed by atoms with E-state index in [1.165, 1.54) is 11.8 Å². The van der Waals surface area contributed by atoms with E-state index in [9.17, 15) is 25.9 Å². The highest BCUT2D eigenvalue weighted by atomic mass is 35.5. The van der Waals surface area contributed by atoms with Crippen molar-refractivity contribution in [2.24, 2.45) is 0 Å². The van der Waals surface area contributed by atoms with Gasteiger partial charge in [0, 0.05) is 22.9 Å². The number of thiazole rings is 1. The van der Waals surface area contributed by atoms with Crippen molar-refractivity contribution in [1.82, 2.24) is 0 Å². The number of aromatic nitrogens is 1. The highest BCUT2D eigenvalue weighted by molar-refractivity contribution is 8.04. The maximum atomic E-state index is 11.4. The highest BCUT2D eigenvalue weighted by Crippen LogP contribution is 2.48. The van der Waals surface area contributed by atoms with Gasteiger partial charge in [0.05, 0.1) is 33.7 Å². The van der Waals surface area contributed by atoms with Crippen molar-refractivity contribution in [3.63, 3.8) is 0 Å². The quantitative estimate of drug-likeness (QED) is 0.189. The highest BCUT2D eigenvalue weighted by Gasteiger charge is 2.29. The van der Waals surface area contributed by atoms with Crippen LogP contribution in [-0.2, 0) is 26.8 Å². The second-order valence-electron chi connectivity index (χ2n) is 8.85. The molecule has 0 radical (unpaired) electrons. The number of aryl methyl sites for hydroxylation is 1. The summed E-state index contributed by atoms with van der Waals surface area (Å²) in [6.45, 7) is 0.724. The lowest BCUT2D eigenvalue weighted by molar-refractivity contribution is -0.667. The van der Waals surface area contributed by atoms with Gasteiger partial charge >= 0.3 is 0 Å². The Morgan fingerprint density at radius 3 is 2.45 bits per heavy atom. The number of fused-ring (bicyclic) bond motifs is 4. The first-order valence-electron chi connectivity index (χ1n) is 11.7. The van der Waals surface area contributed by atoms with Gasteiger partial charge in [-0.25, -0.2) is 0 Å². The van der Waals surface area contributed by atoms with Crippen molar-refractivity contribution in [2.75, 3.05) is 23.0 Å². The summed E-state index contributed by atoms with van der Waals surface area (Å²) in [6, 6.07) is 17.6. The largest absolute Gasteiger partial charge is 0.335 e. The molecule has 8 nitrogen and oxygen atoms in total. The summed E-state index contributed by atoms with van der Waals surface area (Å²) >= 11 is 9.37. The Balaban J connectivity index is 1.60. The molecule has 3 aromatic carbocycles. The molecule has 0 atom stereocenters. The first-order chi connectivity index (χ1) is 18.0. The van der Waals surface area contributed by atoms with Crippen molar-refractivity contribution >= 4 is 87.7 Å². The van der Waals surface area contributed by atoms with Gasteiger partial charge in [-0.3, -0.25) is 9.11 Å². The molecule has 4 aromatic rings. The van der Waals surface area contributed by atoms with Gasteiger partial charge in [-0.05, 0) is 42.1 Å². The SMILES string of the molecule is O=S(=O)(O)CCCN1/C(=C\c2sc3ccc4ccccc4c3[n+]2CCCS(=O)(=O)O)Sc2ccc(Cl)cc21. The van der Waals surface area contributed by atoms with Crippen LogP contribution in [0.4, 0.5) is 5.69 Å². The molecule has 0 unspecified atom stereocenters. The monoisotopic (exact) mass is 611 g/mol. The van der Waals surface area contributed by atoms with Crippen LogP contribution in [0.15, 0.2) is 64.5 Å². The van der Waals surface area contributed by atoms with Crippen LogP contribution in [0.1, 0.15) is 17.8 Å². The van der Waals surface area contributed by atoms with E-state index < -0.39 is 20.2 Å². The summed E-state index contributed by atoms with van der Waals surface area (Å²) in [6.07, 6.45) is 2.46. The van der Waals surface area contributed by atoms with Crippen LogP contribution in [0.2, 0.25) is 5.02 Å². The van der Waals surface area contributed by atoms with Gasteiger partial charge < -0.3 is 4.90 Å². The maximum Gasteiger partial charge on any atom is 0.265 e. The fourth-order valence-corrected chi connectivity index (χ4v) is 8.01. The molecule has 13 heteroatoms. The van der Waals surface area contributed by atoms with E-state index in [-0.39, 0.29) is 24.3 Å². The molecule has 2 heterocycles. The van der Waals surface area contributed by atoms with Crippen molar-refractivity contribution in [2.45, 2.75) is 24.3 Å². The van der Waals surface area contributed by atoms with E-state index in [4.69, 9.17) is 11.6 Å². The van der Waals surface area contributed by atoms with Gasteiger partial charge in [0.15, 0.2) is 6.54 Å². The molecule has 5 rings (SSSR count). The Labute approximate surface area is 234 Å². The fraction of sp³-hybridized carbons (Fsp3) is 0.240. The molecule has 0 saturated heterocycles. The third-order valence-corrected chi connectivity index (χ3v) is 10.2. The zero-order valence-corrected chi connectivity index (χ0v) is 24.0. The number of benzene rings is 3. The van der Waals surface area contributed by atoms with E-state index in [0.29, 0.717) is 18.1 Å². The lowest BCUT2D eigenvalue weighted by Gasteiger charge is -2.20. The number of thioether (sulfide) groups is 1. The number of nitrogens with zero attached hydrogens (tertiary/aromatic N) is 2. The third kappa shape index (κ3) is 6.17. The van der Waals surface area contributed by atoms with Crippen molar-refractivity contribution in [1.29, 1.82) is 0 Å². The lowest BCUT2D eigenvalue weighted by atomic mass is 10.1. The van der Waals surface area contributed by atoms with Crippen LogP contribution in [0.3, 0.4) is 0 Å². The number of rotatable bonds is 9. The molecule has 0 amide bonds. The van der Waals surface area contributed by atoms with Crippen molar-refractivity contribution in [3.8, 4) is 0 Å². The molecule has 0 bridgehead atoms. The van der Waals surface area contributed by atoms with Crippen LogP contribution in [-0.4, -0.2) is 44.0 Å². The summed E-state index contributed by atoms with van der Waals surface area (Å²) < 4.78 is 67.1. The average Bonchev–Trinajstić information content (AvgIpc) is 3.35. The fourth-order valence-electron chi connectivity index (χ4n) is 4.53. The standard InChI is InChI=1S/C25H23ClN2O6S4/c26-18-8-10-21-20(15-18)27(11-3-13-37(29,30)31)23(35-21)16-24-28(12-4-14-38(32,33)34)25-19-6-2-1-5-17(19)7-9-22(25)36-24/h1-2,5-10,15-16H,3-4,11-14H2,(H-,29,30,31,32,33,34)/p+1. The summed E-state index contributed by atoms with van der Waals surface area (Å²) in [4.78, 5) is 2.96. The van der Waals surface area contributed by atoms with E-state index in [2.05, 4.69) is 10.6 Å². The molecular formula is C25H24ClN2O6S4+. The second kappa shape index (κ2) is 10.8. The number of anilines is 1. The minimum Gasteiger partial charge on any atom is -0.335 e. The zero-order valence-electron chi connectivity index (χ0n) is 19.9. The van der Waals surface area contributed by atoms with Crippen LogP contribution in [0.25, 0.3) is 27.1 Å². The predicted molar refractivity (Wildman–Crippen MR) is 154 cm³/mol. The molecule has 38 heavy (non-hydrogen) atoms. The van der Waals surface area contributed by atoms with Crippen molar-refractivity contribution < 1.29 is 30.5 Å². The smallest absolute Gasteiger partial charge is 0.265 e. The Hall–Kier alpha value is -2.19. The molecule has 200 valence electrons. The van der Waals surface area contributed by atoms with E-state index >= 15 is 0 Å². The second-order valence-corrected chi connectivity index (χ2v) is 14.6. The third-order valence-electron chi connectivity index (χ3n) is 6.12. The minimum absolute atomic E-state index is 0.216. The molecule has 0 fully saturated rings. The molecule has 0 spiro atoms. The average molecular weight is 612 g/mol. The van der Waals surface area contributed by atoms with Gasteiger partial charge in [-0.1, -0.05) is 59.0 Å². The van der Waals surface area contributed by atoms with Crippen LogP contribution in [0, 0.1) is 0 Å². The van der Waals surface area contributed by atoms with Gasteiger partial charge in [0.25, 0.3) is 25.2 Å². The van der Waals surface area contributed by atoms with E-state index in [0.717, 1.165) is 41.6 Å². The van der Waals surface area contributed by atoms with Gasteiger partial charge in [0.2, 0.25) is 5.52 Å².